The van der Waals surface area contributed by atoms with Gasteiger partial charge in [-0.3, -0.25) is 0 Å². The van der Waals surface area contributed by atoms with E-state index in [-0.39, 0.29) is 0 Å². The maximum Gasteiger partial charge on any atom is 0.146 e. The quantitative estimate of drug-likeness (QED) is 0.390. The van der Waals surface area contributed by atoms with Gasteiger partial charge in [0.2, 0.25) is 0 Å². The first-order chi connectivity index (χ1) is 2.89. The Morgan fingerprint density at radius 3 is 2.83 bits per heavy atom. The molecule has 0 atom stereocenters. The fourth-order valence-electron chi connectivity index (χ4n) is 0.222. The minimum atomic E-state index is 0.426. The Bertz CT molecular complexity index is 114. The van der Waals surface area contributed by atoms with Crippen LogP contribution in [-0.4, -0.2) is 13.0 Å². The van der Waals surface area contributed by atoms with E-state index in [1.54, 1.807) is 6.07 Å². The fraction of sp³-hybridized carbons (Fsp3) is 0. The number of aromatic nitrogens is 1. The van der Waals surface area contributed by atoms with E-state index < -0.39 is 0 Å². The van der Waals surface area contributed by atoms with E-state index in [1.807, 2.05) is 0 Å². The molecular formula is C3H2BNO. The monoisotopic (exact) mass is 79.0 g/mol. The molecule has 28 valence electrons. The zero-order chi connectivity index (χ0) is 4.41. The smallest absolute Gasteiger partial charge is 0.146 e. The summed E-state index contributed by atoms with van der Waals surface area (Å²) in [7, 11) is 5.07. The van der Waals surface area contributed by atoms with E-state index in [0.29, 0.717) is 5.59 Å². The molecule has 1 rings (SSSR count). The van der Waals surface area contributed by atoms with Crippen LogP contribution in [0.2, 0.25) is 0 Å². The van der Waals surface area contributed by atoms with Gasteiger partial charge in [0.1, 0.15) is 14.1 Å². The molecule has 0 saturated carbocycles. The molecule has 0 aliphatic rings. The molecule has 0 fully saturated rings. The van der Waals surface area contributed by atoms with Gasteiger partial charge in [0.05, 0.1) is 0 Å². The molecule has 0 N–H and O–H groups in total. The zero-order valence-corrected chi connectivity index (χ0v) is 3.09. The van der Waals surface area contributed by atoms with Crippen molar-refractivity contribution in [1.82, 2.24) is 5.16 Å². The lowest BCUT2D eigenvalue weighted by Gasteiger charge is -1.62. The average Bonchev–Trinajstić information content (AvgIpc) is 1.86. The summed E-state index contributed by atoms with van der Waals surface area (Å²) in [5.41, 5.74) is 0.426. The van der Waals surface area contributed by atoms with Crippen LogP contribution >= 0.6 is 0 Å². The van der Waals surface area contributed by atoms with Crippen LogP contribution in [0.1, 0.15) is 0 Å². The Balaban J connectivity index is 3.05. The Hall–Kier alpha value is -0.725. The molecule has 1 aromatic rings. The van der Waals surface area contributed by atoms with Crippen LogP contribution in [0.15, 0.2) is 16.9 Å². The lowest BCUT2D eigenvalue weighted by molar-refractivity contribution is 0.425. The molecule has 2 nitrogen and oxygen atoms in total. The predicted molar refractivity (Wildman–Crippen MR) is 21.9 cm³/mol. The predicted octanol–water partition coefficient (Wildman–Crippen LogP) is -0.532. The first-order valence-electron chi connectivity index (χ1n) is 1.55. The van der Waals surface area contributed by atoms with E-state index in [1.165, 1.54) is 6.26 Å². The zero-order valence-electron chi connectivity index (χ0n) is 3.09. The summed E-state index contributed by atoms with van der Waals surface area (Å²) in [5.74, 6) is 0. The topological polar surface area (TPSA) is 26.0 Å². The average molecular weight is 78.9 g/mol. The molecule has 0 bridgehead atoms. The molecule has 3 heteroatoms. The van der Waals surface area contributed by atoms with Gasteiger partial charge in [0.15, 0.2) is 0 Å². The molecule has 1 aromatic heterocycles. The molecule has 0 spiro atoms. The molecule has 0 aromatic carbocycles. The first-order valence-corrected chi connectivity index (χ1v) is 1.55. The summed E-state index contributed by atoms with van der Waals surface area (Å²) >= 11 is 0. The Kier molecular flexibility index (Phi) is 0.672. The van der Waals surface area contributed by atoms with Crippen molar-refractivity contribution in [3.05, 3.63) is 12.3 Å². The molecule has 6 heavy (non-hydrogen) atoms. The Morgan fingerprint density at radius 2 is 2.67 bits per heavy atom. The van der Waals surface area contributed by atoms with Gasteiger partial charge >= 0.3 is 0 Å². The van der Waals surface area contributed by atoms with Crippen LogP contribution in [-0.2, 0) is 0 Å². The van der Waals surface area contributed by atoms with Gasteiger partial charge in [-0.15, -0.1) is 0 Å². The van der Waals surface area contributed by atoms with Gasteiger partial charge in [-0.2, -0.15) is 0 Å². The van der Waals surface area contributed by atoms with Crippen molar-refractivity contribution >= 4 is 13.4 Å². The van der Waals surface area contributed by atoms with Crippen LogP contribution in [0, 0.1) is 0 Å². The third-order valence-corrected chi connectivity index (χ3v) is 0.458. The SMILES string of the molecule is [B]c1ccon1. The standard InChI is InChI=1S/C3H2BNO/c4-3-1-2-6-5-3/h1-2H. The minimum absolute atomic E-state index is 0.426. The Labute approximate surface area is 36.5 Å². The second kappa shape index (κ2) is 1.16. The number of rotatable bonds is 0. The molecule has 0 unspecified atom stereocenters. The van der Waals surface area contributed by atoms with E-state index >= 15 is 0 Å². The number of hydrogen-bond donors (Lipinski definition) is 0. The normalized spacial score (nSPS) is 8.67. The van der Waals surface area contributed by atoms with Gasteiger partial charge < -0.3 is 4.52 Å². The van der Waals surface area contributed by atoms with Crippen LogP contribution in [0.3, 0.4) is 0 Å². The van der Waals surface area contributed by atoms with Gasteiger partial charge in [-0.05, 0) is 6.07 Å². The Morgan fingerprint density at radius 1 is 1.83 bits per heavy atom. The molecule has 1 heterocycles. The third kappa shape index (κ3) is 0.430. The molecule has 0 aliphatic carbocycles. The number of nitrogens with zero attached hydrogens (tertiary/aromatic N) is 1. The van der Waals surface area contributed by atoms with Gasteiger partial charge in [-0.1, -0.05) is 5.16 Å². The maximum atomic E-state index is 5.07. The maximum absolute atomic E-state index is 5.07. The number of hydrogen-bond acceptors (Lipinski definition) is 2. The van der Waals surface area contributed by atoms with Crippen molar-refractivity contribution in [2.45, 2.75) is 0 Å². The van der Waals surface area contributed by atoms with Crippen molar-refractivity contribution in [2.24, 2.45) is 0 Å². The van der Waals surface area contributed by atoms with Gasteiger partial charge in [0, 0.05) is 5.59 Å². The molecule has 0 aliphatic heterocycles. The van der Waals surface area contributed by atoms with Crippen molar-refractivity contribution in [1.29, 1.82) is 0 Å². The van der Waals surface area contributed by atoms with Gasteiger partial charge in [0.25, 0.3) is 0 Å². The van der Waals surface area contributed by atoms with Crippen LogP contribution in [0.5, 0.6) is 0 Å². The largest absolute Gasteiger partial charge is 0.365 e. The lowest BCUT2D eigenvalue weighted by atomic mass is 10.1. The van der Waals surface area contributed by atoms with E-state index in [0.717, 1.165) is 0 Å². The van der Waals surface area contributed by atoms with E-state index in [4.69, 9.17) is 7.85 Å². The van der Waals surface area contributed by atoms with Crippen molar-refractivity contribution in [3.63, 3.8) is 0 Å². The highest BCUT2D eigenvalue weighted by Crippen LogP contribution is 1.68. The minimum Gasteiger partial charge on any atom is -0.365 e. The highest BCUT2D eigenvalue weighted by molar-refractivity contribution is 6.30. The summed E-state index contributed by atoms with van der Waals surface area (Å²) < 4.78 is 4.34. The second-order valence-electron chi connectivity index (χ2n) is 0.924. The highest BCUT2D eigenvalue weighted by atomic mass is 16.5. The molecular weight excluding hydrogens is 76.9 g/mol. The van der Waals surface area contributed by atoms with Crippen LogP contribution < -0.4 is 5.59 Å². The summed E-state index contributed by atoms with van der Waals surface area (Å²) in [6.07, 6.45) is 1.43. The molecule has 0 saturated heterocycles. The van der Waals surface area contributed by atoms with Crippen molar-refractivity contribution in [3.8, 4) is 0 Å². The fourth-order valence-corrected chi connectivity index (χ4v) is 0.222. The second-order valence-corrected chi connectivity index (χ2v) is 0.924. The summed E-state index contributed by atoms with van der Waals surface area (Å²) in [5, 5.41) is 3.32. The van der Waals surface area contributed by atoms with E-state index in [9.17, 15) is 0 Å². The van der Waals surface area contributed by atoms with Crippen LogP contribution in [0.25, 0.3) is 0 Å². The molecule has 2 radical (unpaired) electrons. The molecule has 0 amide bonds. The highest BCUT2D eigenvalue weighted by Gasteiger charge is 1.77. The summed E-state index contributed by atoms with van der Waals surface area (Å²) in [6, 6.07) is 1.58. The van der Waals surface area contributed by atoms with Crippen molar-refractivity contribution in [2.75, 3.05) is 0 Å². The first kappa shape index (κ1) is 3.46. The third-order valence-electron chi connectivity index (χ3n) is 0.458. The summed E-state index contributed by atoms with van der Waals surface area (Å²) in [6.45, 7) is 0. The van der Waals surface area contributed by atoms with Gasteiger partial charge in [-0.25, -0.2) is 0 Å². The lowest BCUT2D eigenvalue weighted by Crippen LogP contribution is -1.98. The van der Waals surface area contributed by atoms with E-state index in [2.05, 4.69) is 9.68 Å². The summed E-state index contributed by atoms with van der Waals surface area (Å²) in [4.78, 5) is 0. The van der Waals surface area contributed by atoms with Crippen molar-refractivity contribution < 1.29 is 4.52 Å². The van der Waals surface area contributed by atoms with Crippen LogP contribution in [0.4, 0.5) is 0 Å².